The van der Waals surface area contributed by atoms with Gasteiger partial charge in [-0.05, 0) is 30.5 Å². The Hall–Kier alpha value is -1.90. The Kier molecular flexibility index (Phi) is 8.08. The normalized spacial score (nSPS) is 16.8. The lowest BCUT2D eigenvalue weighted by Gasteiger charge is -2.39. The number of hydrogen-bond acceptors (Lipinski definition) is 5. The van der Waals surface area contributed by atoms with Crippen molar-refractivity contribution in [2.75, 3.05) is 39.8 Å². The van der Waals surface area contributed by atoms with Crippen LogP contribution in [0.5, 0.6) is 0 Å². The third-order valence-corrected chi connectivity index (χ3v) is 5.26. The fourth-order valence-electron chi connectivity index (χ4n) is 3.65. The predicted octanol–water partition coefficient (Wildman–Crippen LogP) is 3.28. The Labute approximate surface area is 157 Å². The highest BCUT2D eigenvalue weighted by Crippen LogP contribution is 2.29. The first-order chi connectivity index (χ1) is 12.6. The average molecular weight is 357 g/mol. The Morgan fingerprint density at radius 3 is 2.58 bits per heavy atom. The number of carbonyl (C=O) groups is 1. The number of rotatable bonds is 8. The van der Waals surface area contributed by atoms with Gasteiger partial charge >= 0.3 is 5.97 Å². The van der Waals surface area contributed by atoms with Gasteiger partial charge in [0.25, 0.3) is 0 Å². The first-order valence-corrected chi connectivity index (χ1v) is 9.63. The largest absolute Gasteiger partial charge is 0.468 e. The number of nitrogens with zero attached hydrogens (tertiary/aromatic N) is 3. The molecule has 1 aromatic rings. The van der Waals surface area contributed by atoms with Crippen LogP contribution in [0.4, 0.5) is 0 Å². The van der Waals surface area contributed by atoms with Crippen molar-refractivity contribution in [1.82, 2.24) is 9.80 Å². The second-order valence-electron chi connectivity index (χ2n) is 7.09. The van der Waals surface area contributed by atoms with Crippen molar-refractivity contribution < 1.29 is 9.53 Å². The zero-order valence-corrected chi connectivity index (χ0v) is 16.3. The van der Waals surface area contributed by atoms with Gasteiger partial charge in [0.1, 0.15) is 0 Å². The molecule has 2 rings (SSSR count). The van der Waals surface area contributed by atoms with Crippen molar-refractivity contribution in [3.05, 3.63) is 34.9 Å². The molecule has 5 nitrogen and oxygen atoms in total. The first-order valence-electron chi connectivity index (χ1n) is 9.63. The van der Waals surface area contributed by atoms with E-state index in [1.165, 1.54) is 31.9 Å². The fraction of sp³-hybridized carbons (Fsp3) is 0.619. The molecule has 1 aliphatic rings. The first kappa shape index (κ1) is 20.4. The molecule has 0 amide bonds. The number of unbranched alkanes of at least 4 members (excludes halogenated alkanes) is 2. The number of hydrogen-bond donors (Lipinski definition) is 0. The predicted molar refractivity (Wildman–Crippen MR) is 103 cm³/mol. The Balaban J connectivity index is 2.07. The Morgan fingerprint density at radius 1 is 1.27 bits per heavy atom. The van der Waals surface area contributed by atoms with Crippen molar-refractivity contribution in [2.24, 2.45) is 0 Å². The number of carbonyl (C=O) groups excluding carboxylic acids is 1. The quantitative estimate of drug-likeness (QED) is 0.528. The number of ether oxygens (including phenoxy) is 1. The van der Waals surface area contributed by atoms with Crippen LogP contribution in [0, 0.1) is 18.3 Å². The highest BCUT2D eigenvalue weighted by Gasteiger charge is 2.26. The SMILES string of the molecule is CCCCCC(c1ccc(C#N)c(C)c1)N1CCN(CC(=O)OC)CC1. The summed E-state index contributed by atoms with van der Waals surface area (Å²) in [5.41, 5.74) is 3.11. The number of benzene rings is 1. The van der Waals surface area contributed by atoms with Crippen LogP contribution in [-0.4, -0.2) is 55.6 Å². The molecule has 0 N–H and O–H groups in total. The summed E-state index contributed by atoms with van der Waals surface area (Å²) >= 11 is 0. The zero-order valence-electron chi connectivity index (χ0n) is 16.3. The standard InChI is InChI=1S/C21H31N3O2/c1-4-5-6-7-20(18-8-9-19(15-22)17(2)14-18)24-12-10-23(11-13-24)16-21(25)26-3/h8-9,14,20H,4-7,10-13,16H2,1-3H3. The van der Waals surface area contributed by atoms with Gasteiger partial charge < -0.3 is 4.74 Å². The summed E-state index contributed by atoms with van der Waals surface area (Å²) in [6.07, 6.45) is 4.80. The second kappa shape index (κ2) is 10.3. The van der Waals surface area contributed by atoms with Crippen molar-refractivity contribution in [3.8, 4) is 6.07 Å². The summed E-state index contributed by atoms with van der Waals surface area (Å²) in [7, 11) is 1.44. The van der Waals surface area contributed by atoms with E-state index in [1.54, 1.807) is 0 Å². The lowest BCUT2D eigenvalue weighted by molar-refractivity contribution is -0.142. The van der Waals surface area contributed by atoms with Crippen molar-refractivity contribution in [3.63, 3.8) is 0 Å². The lowest BCUT2D eigenvalue weighted by Crippen LogP contribution is -2.49. The van der Waals surface area contributed by atoms with Gasteiger partial charge in [0.05, 0.1) is 25.3 Å². The molecule has 1 saturated heterocycles. The molecule has 1 atom stereocenters. The maximum atomic E-state index is 11.5. The van der Waals surface area contributed by atoms with E-state index in [0.717, 1.165) is 43.7 Å². The molecule has 0 aromatic heterocycles. The highest BCUT2D eigenvalue weighted by atomic mass is 16.5. The van der Waals surface area contributed by atoms with Gasteiger partial charge in [-0.3, -0.25) is 14.6 Å². The summed E-state index contributed by atoms with van der Waals surface area (Å²) < 4.78 is 4.78. The second-order valence-corrected chi connectivity index (χ2v) is 7.09. The van der Waals surface area contributed by atoms with E-state index in [4.69, 9.17) is 4.74 Å². The van der Waals surface area contributed by atoms with Crippen LogP contribution in [0.1, 0.15) is 55.3 Å². The van der Waals surface area contributed by atoms with Gasteiger partial charge in [-0.15, -0.1) is 0 Å². The monoisotopic (exact) mass is 357 g/mol. The summed E-state index contributed by atoms with van der Waals surface area (Å²) in [6, 6.07) is 8.88. The molecule has 5 heteroatoms. The molecule has 142 valence electrons. The minimum atomic E-state index is -0.166. The van der Waals surface area contributed by atoms with Gasteiger partial charge in [-0.25, -0.2) is 0 Å². The molecule has 1 heterocycles. The summed E-state index contributed by atoms with van der Waals surface area (Å²) in [5.74, 6) is -0.166. The van der Waals surface area contributed by atoms with Crippen LogP contribution in [-0.2, 0) is 9.53 Å². The van der Waals surface area contributed by atoms with E-state index in [1.807, 2.05) is 13.0 Å². The van der Waals surface area contributed by atoms with E-state index in [0.29, 0.717) is 12.6 Å². The van der Waals surface area contributed by atoms with E-state index in [2.05, 4.69) is 34.9 Å². The molecule has 1 aromatic carbocycles. The van der Waals surface area contributed by atoms with Crippen LogP contribution in [0.3, 0.4) is 0 Å². The smallest absolute Gasteiger partial charge is 0.319 e. The van der Waals surface area contributed by atoms with Gasteiger partial charge in [0.2, 0.25) is 0 Å². The summed E-state index contributed by atoms with van der Waals surface area (Å²) in [5, 5.41) is 9.19. The number of nitriles is 1. The highest BCUT2D eigenvalue weighted by molar-refractivity contribution is 5.71. The van der Waals surface area contributed by atoms with Crippen LogP contribution >= 0.6 is 0 Å². The number of methoxy groups -OCH3 is 1. The lowest BCUT2D eigenvalue weighted by atomic mass is 9.95. The van der Waals surface area contributed by atoms with Crippen molar-refractivity contribution >= 4 is 5.97 Å². The van der Waals surface area contributed by atoms with E-state index >= 15 is 0 Å². The molecule has 1 unspecified atom stereocenters. The van der Waals surface area contributed by atoms with E-state index < -0.39 is 0 Å². The maximum absolute atomic E-state index is 11.5. The fourth-order valence-corrected chi connectivity index (χ4v) is 3.65. The molecular weight excluding hydrogens is 326 g/mol. The van der Waals surface area contributed by atoms with E-state index in [-0.39, 0.29) is 5.97 Å². The molecule has 0 saturated carbocycles. The number of piperazine rings is 1. The van der Waals surface area contributed by atoms with Crippen LogP contribution in [0.25, 0.3) is 0 Å². The minimum Gasteiger partial charge on any atom is -0.468 e. The zero-order chi connectivity index (χ0) is 18.9. The van der Waals surface area contributed by atoms with Gasteiger partial charge in [-0.2, -0.15) is 5.26 Å². The summed E-state index contributed by atoms with van der Waals surface area (Å²) in [6.45, 7) is 8.29. The third kappa shape index (κ3) is 5.55. The maximum Gasteiger partial charge on any atom is 0.319 e. The van der Waals surface area contributed by atoms with Gasteiger partial charge in [0, 0.05) is 32.2 Å². The topological polar surface area (TPSA) is 56.6 Å². The van der Waals surface area contributed by atoms with Crippen molar-refractivity contribution in [1.29, 1.82) is 5.26 Å². The molecule has 0 aliphatic carbocycles. The Morgan fingerprint density at radius 2 is 2.00 bits per heavy atom. The summed E-state index contributed by atoms with van der Waals surface area (Å²) in [4.78, 5) is 16.2. The van der Waals surface area contributed by atoms with Gasteiger partial charge in [0.15, 0.2) is 0 Å². The Bertz CT molecular complexity index is 631. The molecule has 1 aliphatic heterocycles. The number of aryl methyl sites for hydroxylation is 1. The number of esters is 1. The molecule has 0 bridgehead atoms. The molecule has 1 fully saturated rings. The van der Waals surface area contributed by atoms with Crippen LogP contribution < -0.4 is 0 Å². The third-order valence-electron chi connectivity index (χ3n) is 5.26. The van der Waals surface area contributed by atoms with Crippen LogP contribution in [0.2, 0.25) is 0 Å². The molecule has 0 spiro atoms. The van der Waals surface area contributed by atoms with Crippen molar-refractivity contribution in [2.45, 2.75) is 45.6 Å². The minimum absolute atomic E-state index is 0.166. The van der Waals surface area contributed by atoms with E-state index in [9.17, 15) is 10.1 Å². The van der Waals surface area contributed by atoms with Crippen LogP contribution in [0.15, 0.2) is 18.2 Å². The molecule has 0 radical (unpaired) electrons. The van der Waals surface area contributed by atoms with Gasteiger partial charge in [-0.1, -0.05) is 38.3 Å². The average Bonchev–Trinajstić information content (AvgIpc) is 2.66. The molecule has 26 heavy (non-hydrogen) atoms. The molecular formula is C21H31N3O2.